The molecule has 1 aliphatic heterocycles. The molecule has 0 bridgehead atoms. The van der Waals surface area contributed by atoms with Crippen molar-refractivity contribution >= 4 is 23.5 Å². The van der Waals surface area contributed by atoms with Gasteiger partial charge in [0.15, 0.2) is 0 Å². The van der Waals surface area contributed by atoms with E-state index in [-0.39, 0.29) is 6.04 Å². The Kier molecular flexibility index (Phi) is 4.10. The molecule has 5 heteroatoms. The van der Waals surface area contributed by atoms with Gasteiger partial charge in [0.05, 0.1) is 0 Å². The van der Waals surface area contributed by atoms with Crippen molar-refractivity contribution in [1.82, 2.24) is 9.97 Å². The van der Waals surface area contributed by atoms with E-state index in [1.54, 1.807) is 6.33 Å². The summed E-state index contributed by atoms with van der Waals surface area (Å²) in [7, 11) is 0. The molecule has 1 aromatic heterocycles. The Morgan fingerprint density at radius 1 is 1.31 bits per heavy atom. The summed E-state index contributed by atoms with van der Waals surface area (Å²) in [6, 6.07) is 0.0497. The molecular formula is C11H17N3S2. The highest BCUT2D eigenvalue weighted by Gasteiger charge is 2.30. The third kappa shape index (κ3) is 2.70. The van der Waals surface area contributed by atoms with Crippen LogP contribution in [0.4, 0.5) is 0 Å². The molecule has 2 heterocycles. The van der Waals surface area contributed by atoms with E-state index in [1.807, 2.05) is 35.9 Å². The van der Waals surface area contributed by atoms with Crippen LogP contribution in [0.15, 0.2) is 18.7 Å². The molecule has 2 N–H and O–H groups in total. The quantitative estimate of drug-likeness (QED) is 0.877. The Morgan fingerprint density at radius 3 is 2.62 bits per heavy atom. The van der Waals surface area contributed by atoms with E-state index in [2.05, 4.69) is 23.8 Å². The zero-order valence-corrected chi connectivity index (χ0v) is 11.2. The van der Waals surface area contributed by atoms with Gasteiger partial charge in [-0.2, -0.15) is 23.5 Å². The van der Waals surface area contributed by atoms with Crippen molar-refractivity contribution in [1.29, 1.82) is 0 Å². The standard InChI is InChI=1S/C11H17N3S2/c1-7-8(2)16-10(5-15-7)11(12)9-3-13-6-14-4-9/h3-4,6-8,10-11H,5,12H2,1-2H3. The van der Waals surface area contributed by atoms with E-state index >= 15 is 0 Å². The van der Waals surface area contributed by atoms with Crippen LogP contribution in [0.2, 0.25) is 0 Å². The van der Waals surface area contributed by atoms with Crippen molar-refractivity contribution in [2.45, 2.75) is 35.6 Å². The molecule has 88 valence electrons. The average molecular weight is 255 g/mol. The number of aromatic nitrogens is 2. The average Bonchev–Trinajstić information content (AvgIpc) is 2.33. The Morgan fingerprint density at radius 2 is 2.00 bits per heavy atom. The van der Waals surface area contributed by atoms with Gasteiger partial charge in [0.1, 0.15) is 6.33 Å². The predicted molar refractivity (Wildman–Crippen MR) is 71.7 cm³/mol. The van der Waals surface area contributed by atoms with Crippen LogP contribution < -0.4 is 5.73 Å². The maximum absolute atomic E-state index is 6.26. The molecule has 1 aromatic rings. The first-order valence-electron chi connectivity index (χ1n) is 5.46. The van der Waals surface area contributed by atoms with E-state index in [9.17, 15) is 0 Å². The number of hydrogen-bond acceptors (Lipinski definition) is 5. The van der Waals surface area contributed by atoms with Gasteiger partial charge in [-0.05, 0) is 0 Å². The molecule has 1 aliphatic rings. The lowest BCUT2D eigenvalue weighted by molar-refractivity contribution is 0.700. The number of rotatable bonds is 2. The lowest BCUT2D eigenvalue weighted by Gasteiger charge is -2.34. The van der Waals surface area contributed by atoms with E-state index in [0.717, 1.165) is 16.6 Å². The topological polar surface area (TPSA) is 51.8 Å². The molecule has 1 saturated heterocycles. The van der Waals surface area contributed by atoms with Crippen LogP contribution >= 0.6 is 23.5 Å². The Hall–Kier alpha value is -0.260. The number of hydrogen-bond donors (Lipinski definition) is 1. The van der Waals surface area contributed by atoms with Crippen LogP contribution in [-0.2, 0) is 0 Å². The summed E-state index contributed by atoms with van der Waals surface area (Å²) in [5.74, 6) is 1.12. The highest BCUT2D eigenvalue weighted by molar-refractivity contribution is 8.07. The monoisotopic (exact) mass is 255 g/mol. The van der Waals surface area contributed by atoms with Gasteiger partial charge in [-0.3, -0.25) is 0 Å². The van der Waals surface area contributed by atoms with Gasteiger partial charge in [0, 0.05) is 45.5 Å². The van der Waals surface area contributed by atoms with Crippen LogP contribution in [0.5, 0.6) is 0 Å². The molecule has 3 nitrogen and oxygen atoms in total. The Balaban J connectivity index is 2.03. The van der Waals surface area contributed by atoms with Gasteiger partial charge in [0.2, 0.25) is 0 Å². The summed E-state index contributed by atoms with van der Waals surface area (Å²) in [5.41, 5.74) is 7.31. The van der Waals surface area contributed by atoms with Gasteiger partial charge in [-0.25, -0.2) is 9.97 Å². The van der Waals surface area contributed by atoms with Crippen LogP contribution in [0, 0.1) is 0 Å². The minimum Gasteiger partial charge on any atom is -0.323 e. The molecule has 1 fully saturated rings. The second-order valence-corrected chi connectivity index (χ2v) is 7.15. The van der Waals surface area contributed by atoms with Crippen LogP contribution in [0.3, 0.4) is 0 Å². The molecule has 2 rings (SSSR count). The second kappa shape index (κ2) is 5.38. The first-order valence-corrected chi connectivity index (χ1v) is 7.45. The van der Waals surface area contributed by atoms with Crippen molar-refractivity contribution < 1.29 is 0 Å². The van der Waals surface area contributed by atoms with Gasteiger partial charge in [0.25, 0.3) is 0 Å². The largest absolute Gasteiger partial charge is 0.323 e. The van der Waals surface area contributed by atoms with Crippen molar-refractivity contribution in [2.75, 3.05) is 5.75 Å². The van der Waals surface area contributed by atoms with E-state index in [0.29, 0.717) is 10.5 Å². The molecule has 0 spiro atoms. The van der Waals surface area contributed by atoms with Crippen LogP contribution in [0.1, 0.15) is 25.5 Å². The molecule has 0 amide bonds. The van der Waals surface area contributed by atoms with Crippen molar-refractivity contribution in [2.24, 2.45) is 5.73 Å². The van der Waals surface area contributed by atoms with Gasteiger partial charge >= 0.3 is 0 Å². The first kappa shape index (κ1) is 12.2. The number of nitrogens with zero attached hydrogens (tertiary/aromatic N) is 2. The van der Waals surface area contributed by atoms with E-state index in [1.165, 1.54) is 0 Å². The SMILES string of the molecule is CC1SCC(C(N)c2cncnc2)SC1C. The van der Waals surface area contributed by atoms with Gasteiger partial charge in [-0.15, -0.1) is 0 Å². The zero-order chi connectivity index (χ0) is 11.5. The fourth-order valence-corrected chi connectivity index (χ4v) is 4.74. The summed E-state index contributed by atoms with van der Waals surface area (Å²) in [6.07, 6.45) is 5.20. The lowest BCUT2D eigenvalue weighted by Crippen LogP contribution is -2.34. The van der Waals surface area contributed by atoms with Crippen molar-refractivity contribution in [3.63, 3.8) is 0 Å². The highest BCUT2D eigenvalue weighted by Crippen LogP contribution is 2.39. The summed E-state index contributed by atoms with van der Waals surface area (Å²) < 4.78 is 0. The summed E-state index contributed by atoms with van der Waals surface area (Å²) in [4.78, 5) is 8.05. The van der Waals surface area contributed by atoms with Crippen molar-refractivity contribution in [3.05, 3.63) is 24.3 Å². The minimum atomic E-state index is 0.0497. The first-order chi connectivity index (χ1) is 7.68. The van der Waals surface area contributed by atoms with Gasteiger partial charge < -0.3 is 5.73 Å². The summed E-state index contributed by atoms with van der Waals surface area (Å²) in [5, 5.41) is 1.86. The Bertz CT molecular complexity index is 333. The fraction of sp³-hybridized carbons (Fsp3) is 0.636. The fourth-order valence-electron chi connectivity index (χ4n) is 1.69. The summed E-state index contributed by atoms with van der Waals surface area (Å²) in [6.45, 7) is 4.57. The van der Waals surface area contributed by atoms with Gasteiger partial charge in [-0.1, -0.05) is 13.8 Å². The molecule has 0 radical (unpaired) electrons. The molecule has 4 unspecified atom stereocenters. The number of nitrogens with two attached hydrogens (primary N) is 1. The molecular weight excluding hydrogens is 238 g/mol. The molecule has 16 heavy (non-hydrogen) atoms. The minimum absolute atomic E-state index is 0.0497. The third-order valence-electron chi connectivity index (χ3n) is 2.94. The zero-order valence-electron chi connectivity index (χ0n) is 9.54. The highest BCUT2D eigenvalue weighted by atomic mass is 32.2. The van der Waals surface area contributed by atoms with Crippen LogP contribution in [-0.4, -0.2) is 31.5 Å². The maximum Gasteiger partial charge on any atom is 0.115 e. The molecule has 0 aromatic carbocycles. The smallest absolute Gasteiger partial charge is 0.115 e. The number of thioether (sulfide) groups is 2. The normalized spacial score (nSPS) is 32.3. The van der Waals surface area contributed by atoms with E-state index < -0.39 is 0 Å². The Labute approximate surface area is 105 Å². The second-order valence-electron chi connectivity index (χ2n) is 4.12. The molecule has 0 aliphatic carbocycles. The predicted octanol–water partition coefficient (Wildman–Crippen LogP) is 2.10. The molecule has 4 atom stereocenters. The maximum atomic E-state index is 6.26. The third-order valence-corrected chi connectivity index (χ3v) is 6.46. The summed E-state index contributed by atoms with van der Waals surface area (Å²) >= 11 is 4.01. The lowest BCUT2D eigenvalue weighted by atomic mass is 10.1. The van der Waals surface area contributed by atoms with Crippen LogP contribution in [0.25, 0.3) is 0 Å². The van der Waals surface area contributed by atoms with Crippen molar-refractivity contribution in [3.8, 4) is 0 Å². The molecule has 0 saturated carbocycles. The van der Waals surface area contributed by atoms with E-state index in [4.69, 9.17) is 5.73 Å².